The number of amides is 1. The van der Waals surface area contributed by atoms with Crippen LogP contribution in [0.4, 0.5) is 5.69 Å². The first-order valence-corrected chi connectivity index (χ1v) is 9.29. The molecule has 0 atom stereocenters. The summed E-state index contributed by atoms with van der Waals surface area (Å²) in [5, 5.41) is 11.4. The number of aryl methyl sites for hydroxylation is 1. The summed E-state index contributed by atoms with van der Waals surface area (Å²) in [5.74, 6) is -1.24. The SMILES string of the molecule is CCn1c(=NC(=O)c2cc(Cl)ccc2[N+](=O)[O-])sc2cc(C(=O)OC)ccc21. The summed E-state index contributed by atoms with van der Waals surface area (Å²) in [6.07, 6.45) is 0. The number of carbonyl (C=O) groups is 2. The lowest BCUT2D eigenvalue weighted by Gasteiger charge is -2.02. The van der Waals surface area contributed by atoms with Crippen molar-refractivity contribution >= 4 is 50.7 Å². The molecule has 0 aliphatic heterocycles. The second-order valence-electron chi connectivity index (χ2n) is 5.64. The van der Waals surface area contributed by atoms with E-state index in [0.29, 0.717) is 16.9 Å². The highest BCUT2D eigenvalue weighted by atomic mass is 35.5. The number of nitro groups is 1. The molecule has 0 N–H and O–H groups in total. The topological polar surface area (TPSA) is 104 Å². The molecule has 1 heterocycles. The third-order valence-corrected chi connectivity index (χ3v) is 5.28. The third-order valence-electron chi connectivity index (χ3n) is 4.00. The van der Waals surface area contributed by atoms with E-state index in [0.717, 1.165) is 10.2 Å². The number of hydrogen-bond acceptors (Lipinski definition) is 6. The summed E-state index contributed by atoms with van der Waals surface area (Å²) in [6.45, 7) is 2.40. The monoisotopic (exact) mass is 419 g/mol. The van der Waals surface area contributed by atoms with E-state index in [2.05, 4.69) is 4.99 Å². The number of rotatable bonds is 4. The minimum absolute atomic E-state index is 0.187. The molecule has 3 aromatic rings. The first-order chi connectivity index (χ1) is 13.3. The molecule has 3 rings (SSSR count). The Labute approximate surface area is 167 Å². The van der Waals surface area contributed by atoms with Crippen LogP contribution in [0.5, 0.6) is 0 Å². The smallest absolute Gasteiger partial charge is 0.337 e. The molecule has 10 heteroatoms. The molecular weight excluding hydrogens is 406 g/mol. The van der Waals surface area contributed by atoms with Gasteiger partial charge in [0.1, 0.15) is 5.56 Å². The molecule has 144 valence electrons. The van der Waals surface area contributed by atoms with Crippen LogP contribution in [0.2, 0.25) is 5.02 Å². The number of carbonyl (C=O) groups excluding carboxylic acids is 2. The fraction of sp³-hybridized carbons (Fsp3) is 0.167. The van der Waals surface area contributed by atoms with Crippen LogP contribution in [-0.4, -0.2) is 28.5 Å². The number of thiazole rings is 1. The van der Waals surface area contributed by atoms with Crippen LogP contribution in [0.1, 0.15) is 27.6 Å². The van der Waals surface area contributed by atoms with Crippen molar-refractivity contribution in [3.05, 3.63) is 67.5 Å². The molecule has 0 saturated carbocycles. The standard InChI is InChI=1S/C18H14ClN3O5S/c1-3-21-14-6-4-10(17(24)27-2)8-15(14)28-18(21)20-16(23)12-9-11(19)5-7-13(12)22(25)26/h4-9H,3H2,1-2H3. The number of nitro benzene ring substituents is 1. The van der Waals surface area contributed by atoms with Gasteiger partial charge in [-0.3, -0.25) is 14.9 Å². The van der Waals surface area contributed by atoms with Gasteiger partial charge in [0.2, 0.25) is 0 Å². The maximum absolute atomic E-state index is 12.6. The molecule has 0 spiro atoms. The Morgan fingerprint density at radius 3 is 2.68 bits per heavy atom. The summed E-state index contributed by atoms with van der Waals surface area (Å²) in [7, 11) is 1.30. The van der Waals surface area contributed by atoms with Crippen LogP contribution in [-0.2, 0) is 11.3 Å². The van der Waals surface area contributed by atoms with E-state index in [9.17, 15) is 19.7 Å². The number of esters is 1. The maximum atomic E-state index is 12.6. The lowest BCUT2D eigenvalue weighted by Crippen LogP contribution is -2.16. The van der Waals surface area contributed by atoms with Gasteiger partial charge < -0.3 is 9.30 Å². The van der Waals surface area contributed by atoms with Crippen LogP contribution in [0.25, 0.3) is 10.2 Å². The van der Waals surface area contributed by atoms with Gasteiger partial charge in [-0.25, -0.2) is 4.79 Å². The van der Waals surface area contributed by atoms with Gasteiger partial charge in [-0.15, -0.1) is 0 Å². The first-order valence-electron chi connectivity index (χ1n) is 8.10. The molecule has 0 aliphatic carbocycles. The van der Waals surface area contributed by atoms with E-state index in [1.54, 1.807) is 22.8 Å². The molecule has 0 aliphatic rings. The first kappa shape index (κ1) is 19.7. The predicted octanol–water partition coefficient (Wildman–Crippen LogP) is 3.81. The number of fused-ring (bicyclic) bond motifs is 1. The van der Waals surface area contributed by atoms with E-state index in [1.807, 2.05) is 6.92 Å². The van der Waals surface area contributed by atoms with Gasteiger partial charge >= 0.3 is 5.97 Å². The third kappa shape index (κ3) is 3.67. The number of ether oxygens (including phenoxy) is 1. The Hall–Kier alpha value is -3.04. The normalized spacial score (nSPS) is 11.6. The minimum atomic E-state index is -0.767. The number of benzene rings is 2. The van der Waals surface area contributed by atoms with Gasteiger partial charge in [0, 0.05) is 17.6 Å². The van der Waals surface area contributed by atoms with Gasteiger partial charge in [0.25, 0.3) is 11.6 Å². The molecule has 0 unspecified atom stereocenters. The largest absolute Gasteiger partial charge is 0.465 e. The fourth-order valence-corrected chi connectivity index (χ4v) is 4.00. The molecule has 2 aromatic carbocycles. The number of halogens is 1. The van der Waals surface area contributed by atoms with Crippen molar-refractivity contribution in [2.45, 2.75) is 13.5 Å². The van der Waals surface area contributed by atoms with Crippen LogP contribution in [0.3, 0.4) is 0 Å². The molecule has 28 heavy (non-hydrogen) atoms. The zero-order valence-electron chi connectivity index (χ0n) is 14.8. The van der Waals surface area contributed by atoms with E-state index in [1.165, 1.54) is 36.6 Å². The second kappa shape index (κ2) is 7.91. The Kier molecular flexibility index (Phi) is 5.57. The zero-order chi connectivity index (χ0) is 20.4. The van der Waals surface area contributed by atoms with Crippen molar-refractivity contribution in [2.24, 2.45) is 4.99 Å². The average Bonchev–Trinajstić information content (AvgIpc) is 3.02. The van der Waals surface area contributed by atoms with Crippen molar-refractivity contribution in [2.75, 3.05) is 7.11 Å². The second-order valence-corrected chi connectivity index (χ2v) is 7.08. The zero-order valence-corrected chi connectivity index (χ0v) is 16.4. The lowest BCUT2D eigenvalue weighted by molar-refractivity contribution is -0.385. The van der Waals surface area contributed by atoms with Crippen molar-refractivity contribution in [1.82, 2.24) is 4.57 Å². The van der Waals surface area contributed by atoms with Gasteiger partial charge in [0.05, 0.1) is 27.8 Å². The van der Waals surface area contributed by atoms with Gasteiger partial charge in [-0.1, -0.05) is 22.9 Å². The van der Waals surface area contributed by atoms with Crippen molar-refractivity contribution < 1.29 is 19.2 Å². The lowest BCUT2D eigenvalue weighted by atomic mass is 10.2. The van der Waals surface area contributed by atoms with Crippen molar-refractivity contribution in [3.8, 4) is 0 Å². The maximum Gasteiger partial charge on any atom is 0.337 e. The van der Waals surface area contributed by atoms with E-state index in [-0.39, 0.29) is 16.3 Å². The van der Waals surface area contributed by atoms with E-state index >= 15 is 0 Å². The van der Waals surface area contributed by atoms with Gasteiger partial charge in [0.15, 0.2) is 4.80 Å². The molecule has 8 nitrogen and oxygen atoms in total. The summed E-state index contributed by atoms with van der Waals surface area (Å²) >= 11 is 7.09. The Bertz CT molecular complexity index is 1180. The summed E-state index contributed by atoms with van der Waals surface area (Å²) in [4.78, 5) is 39.4. The number of hydrogen-bond donors (Lipinski definition) is 0. The van der Waals surface area contributed by atoms with Crippen LogP contribution >= 0.6 is 22.9 Å². The minimum Gasteiger partial charge on any atom is -0.465 e. The molecule has 0 saturated heterocycles. The quantitative estimate of drug-likeness (QED) is 0.363. The molecule has 1 aromatic heterocycles. The van der Waals surface area contributed by atoms with Crippen molar-refractivity contribution in [3.63, 3.8) is 0 Å². The summed E-state index contributed by atoms with van der Waals surface area (Å²) < 4.78 is 7.24. The van der Waals surface area contributed by atoms with Crippen LogP contribution in [0, 0.1) is 10.1 Å². The summed E-state index contributed by atoms with van der Waals surface area (Å²) in [5.41, 5.74) is 0.610. The average molecular weight is 420 g/mol. The fourth-order valence-electron chi connectivity index (χ4n) is 2.69. The van der Waals surface area contributed by atoms with Crippen LogP contribution in [0.15, 0.2) is 41.4 Å². The molecule has 1 amide bonds. The highest BCUT2D eigenvalue weighted by Crippen LogP contribution is 2.24. The Balaban J connectivity index is 2.16. The number of nitrogens with zero attached hydrogens (tertiary/aromatic N) is 3. The summed E-state index contributed by atoms with van der Waals surface area (Å²) in [6, 6.07) is 8.77. The van der Waals surface area contributed by atoms with Gasteiger partial charge in [-0.2, -0.15) is 4.99 Å². The van der Waals surface area contributed by atoms with E-state index < -0.39 is 16.8 Å². The highest BCUT2D eigenvalue weighted by molar-refractivity contribution is 7.16. The number of aromatic nitrogens is 1. The number of methoxy groups -OCH3 is 1. The van der Waals surface area contributed by atoms with Crippen molar-refractivity contribution in [1.29, 1.82) is 0 Å². The molecule has 0 fully saturated rings. The van der Waals surface area contributed by atoms with Gasteiger partial charge in [-0.05, 0) is 37.3 Å². The van der Waals surface area contributed by atoms with E-state index in [4.69, 9.17) is 16.3 Å². The van der Waals surface area contributed by atoms with Crippen LogP contribution < -0.4 is 4.80 Å². The molecule has 0 radical (unpaired) electrons. The predicted molar refractivity (Wildman–Crippen MR) is 105 cm³/mol. The highest BCUT2D eigenvalue weighted by Gasteiger charge is 2.21. The molecular formula is C18H14ClN3O5S. The Morgan fingerprint density at radius 1 is 1.29 bits per heavy atom. The molecule has 0 bridgehead atoms. The Morgan fingerprint density at radius 2 is 2.04 bits per heavy atom.